The summed E-state index contributed by atoms with van der Waals surface area (Å²) < 4.78 is 0. The third-order valence-electron chi connectivity index (χ3n) is 7.96. The van der Waals surface area contributed by atoms with E-state index in [0.717, 1.165) is 22.0 Å². The summed E-state index contributed by atoms with van der Waals surface area (Å²) in [6.45, 7) is 4.15. The summed E-state index contributed by atoms with van der Waals surface area (Å²) in [6.07, 6.45) is 3.90. The number of H-pyrrole nitrogens is 1. The van der Waals surface area contributed by atoms with Crippen LogP contribution in [0, 0.1) is 5.92 Å². The first kappa shape index (κ1) is 29.8. The van der Waals surface area contributed by atoms with Crippen LogP contribution in [0.1, 0.15) is 44.2 Å². The van der Waals surface area contributed by atoms with Gasteiger partial charge in [0, 0.05) is 30.1 Å². The maximum atomic E-state index is 13.8. The van der Waals surface area contributed by atoms with Crippen LogP contribution in [-0.4, -0.2) is 69.4 Å². The molecule has 3 aromatic rings. The van der Waals surface area contributed by atoms with Gasteiger partial charge in [-0.05, 0) is 42.4 Å². The molecule has 6 N–H and O–H groups in total. The van der Waals surface area contributed by atoms with Crippen LogP contribution in [0.2, 0.25) is 0 Å². The van der Waals surface area contributed by atoms with Crippen LogP contribution in [-0.2, 0) is 32.0 Å². The van der Waals surface area contributed by atoms with Crippen LogP contribution in [0.3, 0.4) is 0 Å². The van der Waals surface area contributed by atoms with Crippen molar-refractivity contribution in [3.05, 3.63) is 71.9 Å². The normalized spacial score (nSPS) is 17.9. The molecular formula is C31H39N5O5. The summed E-state index contributed by atoms with van der Waals surface area (Å²) >= 11 is 0. The molecule has 5 atom stereocenters. The molecule has 10 heteroatoms. The van der Waals surface area contributed by atoms with Crippen molar-refractivity contribution in [2.24, 2.45) is 11.7 Å². The molecule has 3 amide bonds. The molecular weight excluding hydrogens is 522 g/mol. The number of aromatic amines is 1. The van der Waals surface area contributed by atoms with Crippen molar-refractivity contribution >= 4 is 34.6 Å². The highest BCUT2D eigenvalue weighted by Gasteiger charge is 2.40. The maximum absolute atomic E-state index is 13.8. The number of carboxylic acids is 1. The molecule has 4 rings (SSSR count). The summed E-state index contributed by atoms with van der Waals surface area (Å²) in [5.74, 6) is -2.67. The van der Waals surface area contributed by atoms with E-state index in [1.54, 1.807) is 12.1 Å². The molecule has 0 radical (unpaired) electrons. The molecule has 1 fully saturated rings. The van der Waals surface area contributed by atoms with Gasteiger partial charge in [0.1, 0.15) is 18.1 Å². The molecule has 1 aliphatic rings. The number of likely N-dealkylation sites (tertiary alicyclic amines) is 1. The van der Waals surface area contributed by atoms with Crippen LogP contribution >= 0.6 is 0 Å². The standard InChI is InChI=1S/C31H39N5O5/c1-3-19(2)27(35-28(37)23(32)17-21-18-33-24-13-8-7-12-22(21)24)30(39)36-15-9-14-26(36)29(38)34-25(31(40)41)16-20-10-5-4-6-11-20/h4-8,10-13,18-19,23,25-27,33H,3,9,14-17,32H2,1-2H3,(H,34,38)(H,35,37)(H,40,41). The van der Waals surface area contributed by atoms with Crippen molar-refractivity contribution in [3.63, 3.8) is 0 Å². The number of amides is 3. The highest BCUT2D eigenvalue weighted by Crippen LogP contribution is 2.23. The van der Waals surface area contributed by atoms with Gasteiger partial charge in [-0.3, -0.25) is 14.4 Å². The molecule has 10 nitrogen and oxygen atoms in total. The minimum atomic E-state index is -1.15. The molecule has 0 aliphatic carbocycles. The first-order valence-electron chi connectivity index (χ1n) is 14.2. The zero-order chi connectivity index (χ0) is 29.5. The predicted molar refractivity (Wildman–Crippen MR) is 156 cm³/mol. The molecule has 0 bridgehead atoms. The monoisotopic (exact) mass is 561 g/mol. The van der Waals surface area contributed by atoms with Gasteiger partial charge >= 0.3 is 5.97 Å². The van der Waals surface area contributed by atoms with Gasteiger partial charge in [0.05, 0.1) is 6.04 Å². The number of carbonyl (C=O) groups excluding carboxylic acids is 3. The number of benzene rings is 2. The average Bonchev–Trinajstić information content (AvgIpc) is 3.63. The average molecular weight is 562 g/mol. The molecule has 1 saturated heterocycles. The Morgan fingerprint density at radius 3 is 2.46 bits per heavy atom. The number of carbonyl (C=O) groups is 4. The third kappa shape index (κ3) is 7.13. The van der Waals surface area contributed by atoms with E-state index in [0.29, 0.717) is 32.2 Å². The van der Waals surface area contributed by atoms with Gasteiger partial charge in [-0.15, -0.1) is 0 Å². The Labute approximate surface area is 239 Å². The zero-order valence-electron chi connectivity index (χ0n) is 23.5. The lowest BCUT2D eigenvalue weighted by Gasteiger charge is -2.32. The lowest BCUT2D eigenvalue weighted by atomic mass is 9.96. The van der Waals surface area contributed by atoms with Crippen LogP contribution in [0.15, 0.2) is 60.8 Å². The second-order valence-electron chi connectivity index (χ2n) is 10.8. The van der Waals surface area contributed by atoms with Crippen molar-refractivity contribution < 1.29 is 24.3 Å². The van der Waals surface area contributed by atoms with Gasteiger partial charge in [0.2, 0.25) is 17.7 Å². The highest BCUT2D eigenvalue weighted by molar-refractivity contribution is 5.95. The Morgan fingerprint density at radius 1 is 1.05 bits per heavy atom. The SMILES string of the molecule is CCC(C)C(NC(=O)C(N)Cc1c[nH]c2ccccc12)C(=O)N1CCCC1C(=O)NC(Cc1ccccc1)C(=O)O. The quantitative estimate of drug-likeness (QED) is 0.228. The van der Waals surface area contributed by atoms with Gasteiger partial charge < -0.3 is 31.4 Å². The Kier molecular flexibility index (Phi) is 9.78. The summed E-state index contributed by atoms with van der Waals surface area (Å²) in [5.41, 5.74) is 8.94. The molecule has 41 heavy (non-hydrogen) atoms. The maximum Gasteiger partial charge on any atom is 0.326 e. The number of aliphatic carboxylic acids is 1. The van der Waals surface area contributed by atoms with Gasteiger partial charge in [-0.1, -0.05) is 68.8 Å². The predicted octanol–water partition coefficient (Wildman–Crippen LogP) is 2.37. The van der Waals surface area contributed by atoms with Crippen LogP contribution in [0.25, 0.3) is 10.9 Å². The van der Waals surface area contributed by atoms with Crippen LogP contribution in [0.5, 0.6) is 0 Å². The fourth-order valence-corrected chi connectivity index (χ4v) is 5.37. The first-order chi connectivity index (χ1) is 19.7. The summed E-state index contributed by atoms with van der Waals surface area (Å²) in [4.78, 5) is 56.8. The Balaban J connectivity index is 1.43. The number of hydrogen-bond donors (Lipinski definition) is 5. The van der Waals surface area contributed by atoms with Gasteiger partial charge in [0.25, 0.3) is 0 Å². The number of para-hydroxylation sites is 1. The van der Waals surface area contributed by atoms with E-state index >= 15 is 0 Å². The fraction of sp³-hybridized carbons (Fsp3) is 0.419. The zero-order valence-corrected chi connectivity index (χ0v) is 23.5. The largest absolute Gasteiger partial charge is 0.480 e. The van der Waals surface area contributed by atoms with E-state index in [9.17, 15) is 24.3 Å². The van der Waals surface area contributed by atoms with Gasteiger partial charge in [0.15, 0.2) is 0 Å². The minimum absolute atomic E-state index is 0.127. The van der Waals surface area contributed by atoms with Crippen molar-refractivity contribution in [2.75, 3.05) is 6.54 Å². The lowest BCUT2D eigenvalue weighted by Crippen LogP contribution is -2.58. The van der Waals surface area contributed by atoms with E-state index in [4.69, 9.17) is 5.73 Å². The highest BCUT2D eigenvalue weighted by atomic mass is 16.4. The topological polar surface area (TPSA) is 158 Å². The van der Waals surface area contributed by atoms with E-state index in [1.807, 2.05) is 62.5 Å². The number of aromatic nitrogens is 1. The Hall–Kier alpha value is -4.18. The van der Waals surface area contributed by atoms with Crippen LogP contribution < -0.4 is 16.4 Å². The van der Waals surface area contributed by atoms with Crippen LogP contribution in [0.4, 0.5) is 0 Å². The second kappa shape index (κ2) is 13.5. The molecule has 5 unspecified atom stereocenters. The lowest BCUT2D eigenvalue weighted by molar-refractivity contribution is -0.145. The van der Waals surface area contributed by atoms with E-state index in [1.165, 1.54) is 4.90 Å². The van der Waals surface area contributed by atoms with Crippen molar-refractivity contribution in [3.8, 4) is 0 Å². The number of hydrogen-bond acceptors (Lipinski definition) is 5. The summed E-state index contributed by atoms with van der Waals surface area (Å²) in [6, 6.07) is 13.1. The Bertz CT molecular complexity index is 1370. The second-order valence-corrected chi connectivity index (χ2v) is 10.8. The molecule has 0 spiro atoms. The molecule has 2 aromatic carbocycles. The first-order valence-corrected chi connectivity index (χ1v) is 14.2. The number of nitrogens with two attached hydrogens (primary N) is 1. The molecule has 1 aliphatic heterocycles. The van der Waals surface area contributed by atoms with Gasteiger partial charge in [-0.25, -0.2) is 4.79 Å². The summed E-state index contributed by atoms with van der Waals surface area (Å²) in [7, 11) is 0. The smallest absolute Gasteiger partial charge is 0.326 e. The molecule has 218 valence electrons. The van der Waals surface area contributed by atoms with Crippen molar-refractivity contribution in [1.82, 2.24) is 20.5 Å². The van der Waals surface area contributed by atoms with Crippen molar-refractivity contribution in [1.29, 1.82) is 0 Å². The Morgan fingerprint density at radius 2 is 1.76 bits per heavy atom. The summed E-state index contributed by atoms with van der Waals surface area (Å²) in [5, 5.41) is 16.2. The number of fused-ring (bicyclic) bond motifs is 1. The number of nitrogens with one attached hydrogen (secondary N) is 3. The number of rotatable bonds is 12. The molecule has 2 heterocycles. The third-order valence-corrected chi connectivity index (χ3v) is 7.96. The van der Waals surface area contributed by atoms with Crippen molar-refractivity contribution in [2.45, 2.75) is 70.1 Å². The van der Waals surface area contributed by atoms with E-state index in [-0.39, 0.29) is 18.2 Å². The van der Waals surface area contributed by atoms with E-state index < -0.39 is 42.0 Å². The number of carboxylic acid groups (broad SMARTS) is 1. The van der Waals surface area contributed by atoms with E-state index in [2.05, 4.69) is 15.6 Å². The van der Waals surface area contributed by atoms with Gasteiger partial charge in [-0.2, -0.15) is 0 Å². The minimum Gasteiger partial charge on any atom is -0.480 e. The fourth-order valence-electron chi connectivity index (χ4n) is 5.37. The molecule has 1 aromatic heterocycles. The number of nitrogens with zero attached hydrogens (tertiary/aromatic N) is 1. The molecule has 0 saturated carbocycles.